The monoisotopic (exact) mass is 301 g/mol. The maximum atomic E-state index is 12.1. The Morgan fingerprint density at radius 2 is 1.95 bits per heavy atom. The molecule has 0 saturated heterocycles. The minimum absolute atomic E-state index is 0.0668. The summed E-state index contributed by atoms with van der Waals surface area (Å²) in [5.74, 6) is 0.831. The zero-order valence-electron chi connectivity index (χ0n) is 13.6. The van der Waals surface area contributed by atoms with Gasteiger partial charge in [-0.15, -0.1) is 0 Å². The van der Waals surface area contributed by atoms with Crippen molar-refractivity contribution in [2.45, 2.75) is 33.4 Å². The molecule has 0 aliphatic rings. The molecule has 1 heterocycles. The number of rotatable bonds is 6. The average Bonchev–Trinajstić information content (AvgIpc) is 2.49. The van der Waals surface area contributed by atoms with Crippen molar-refractivity contribution >= 4 is 0 Å². The van der Waals surface area contributed by atoms with Gasteiger partial charge in [-0.1, -0.05) is 13.8 Å². The minimum atomic E-state index is -0.0668. The van der Waals surface area contributed by atoms with Crippen LogP contribution in [-0.2, 0) is 13.6 Å². The van der Waals surface area contributed by atoms with Crippen molar-refractivity contribution in [2.75, 3.05) is 6.61 Å². The highest BCUT2D eigenvalue weighted by Gasteiger charge is 2.08. The molecule has 1 aromatic carbocycles. The van der Waals surface area contributed by atoms with Gasteiger partial charge in [0.15, 0.2) is 0 Å². The molecule has 1 aromatic heterocycles. The molecule has 0 saturated carbocycles. The zero-order valence-corrected chi connectivity index (χ0v) is 13.6. The van der Waals surface area contributed by atoms with Gasteiger partial charge in [0.25, 0.3) is 5.56 Å². The quantitative estimate of drug-likeness (QED) is 0.890. The lowest BCUT2D eigenvalue weighted by Gasteiger charge is -2.11. The summed E-state index contributed by atoms with van der Waals surface area (Å²) in [6, 6.07) is 9.92. The first kappa shape index (κ1) is 16.2. The van der Waals surface area contributed by atoms with Gasteiger partial charge in [0.2, 0.25) is 0 Å². The molecule has 0 bridgehead atoms. The molecule has 2 aromatic rings. The molecule has 1 N–H and O–H groups in total. The Labute approximate surface area is 130 Å². The highest BCUT2D eigenvalue weighted by Crippen LogP contribution is 2.20. The second-order valence-corrected chi connectivity index (χ2v) is 5.48. The molecule has 118 valence electrons. The molecule has 0 spiro atoms. The Kier molecular flexibility index (Phi) is 5.33. The van der Waals surface area contributed by atoms with Gasteiger partial charge in [0, 0.05) is 30.8 Å². The van der Waals surface area contributed by atoms with Crippen molar-refractivity contribution in [2.24, 2.45) is 7.05 Å². The zero-order chi connectivity index (χ0) is 16.1. The lowest BCUT2D eigenvalue weighted by atomic mass is 10.1. The van der Waals surface area contributed by atoms with Gasteiger partial charge in [-0.3, -0.25) is 4.79 Å². The predicted octanol–water partition coefficient (Wildman–Crippen LogP) is 2.34. The first-order valence-electron chi connectivity index (χ1n) is 7.55. The van der Waals surface area contributed by atoms with Crippen molar-refractivity contribution in [3.63, 3.8) is 0 Å². The van der Waals surface area contributed by atoms with Crippen molar-refractivity contribution in [3.8, 4) is 17.0 Å². The van der Waals surface area contributed by atoms with Gasteiger partial charge in [0.05, 0.1) is 12.3 Å². The third kappa shape index (κ3) is 3.95. The number of hydrogen-bond donors (Lipinski definition) is 1. The first-order chi connectivity index (χ1) is 10.5. The Morgan fingerprint density at radius 1 is 1.27 bits per heavy atom. The number of ether oxygens (including phenoxy) is 1. The molecule has 0 radical (unpaired) electrons. The maximum Gasteiger partial charge on any atom is 0.271 e. The van der Waals surface area contributed by atoms with Gasteiger partial charge >= 0.3 is 0 Å². The Morgan fingerprint density at radius 3 is 2.55 bits per heavy atom. The number of benzene rings is 1. The van der Waals surface area contributed by atoms with Crippen LogP contribution in [0.3, 0.4) is 0 Å². The Bertz CT molecular complexity index is 675. The van der Waals surface area contributed by atoms with Crippen LogP contribution in [0.4, 0.5) is 0 Å². The lowest BCUT2D eigenvalue weighted by Crippen LogP contribution is -2.30. The predicted molar refractivity (Wildman–Crippen MR) is 88.1 cm³/mol. The minimum Gasteiger partial charge on any atom is -0.494 e. The van der Waals surface area contributed by atoms with Gasteiger partial charge in [0.1, 0.15) is 5.75 Å². The first-order valence-corrected chi connectivity index (χ1v) is 7.55. The average molecular weight is 301 g/mol. The van der Waals surface area contributed by atoms with Crippen LogP contribution in [0, 0.1) is 0 Å². The van der Waals surface area contributed by atoms with Crippen LogP contribution in [0.2, 0.25) is 0 Å². The number of nitrogens with zero attached hydrogens (tertiary/aromatic N) is 2. The summed E-state index contributed by atoms with van der Waals surface area (Å²) in [6.45, 7) is 7.24. The lowest BCUT2D eigenvalue weighted by molar-refractivity contribution is 0.340. The molecule has 0 aliphatic heterocycles. The summed E-state index contributed by atoms with van der Waals surface area (Å²) >= 11 is 0. The van der Waals surface area contributed by atoms with Crippen molar-refractivity contribution in [1.82, 2.24) is 15.1 Å². The molecule has 22 heavy (non-hydrogen) atoms. The van der Waals surface area contributed by atoms with Gasteiger partial charge in [-0.25, -0.2) is 4.68 Å². The fourth-order valence-electron chi connectivity index (χ4n) is 2.14. The fraction of sp³-hybridized carbons (Fsp3) is 0.412. The van der Waals surface area contributed by atoms with Crippen molar-refractivity contribution in [1.29, 1.82) is 0 Å². The number of aryl methyl sites for hydroxylation is 1. The van der Waals surface area contributed by atoms with E-state index in [0.717, 1.165) is 22.6 Å². The fourth-order valence-corrected chi connectivity index (χ4v) is 2.14. The van der Waals surface area contributed by atoms with E-state index in [2.05, 4.69) is 24.3 Å². The van der Waals surface area contributed by atoms with Crippen molar-refractivity contribution < 1.29 is 4.74 Å². The molecule has 5 nitrogen and oxygen atoms in total. The molecular formula is C17H23N3O2. The molecule has 5 heteroatoms. The van der Waals surface area contributed by atoms with E-state index in [-0.39, 0.29) is 5.56 Å². The molecule has 0 unspecified atom stereocenters. The van der Waals surface area contributed by atoms with E-state index in [1.165, 1.54) is 4.68 Å². The second kappa shape index (κ2) is 7.22. The summed E-state index contributed by atoms with van der Waals surface area (Å²) in [7, 11) is 1.68. The topological polar surface area (TPSA) is 56.1 Å². The normalized spacial score (nSPS) is 11.0. The molecule has 0 aliphatic carbocycles. The van der Waals surface area contributed by atoms with E-state index in [1.54, 1.807) is 7.05 Å². The third-order valence-corrected chi connectivity index (χ3v) is 3.30. The SMILES string of the molecule is CCOc1ccc(-c2cc(CNC(C)C)c(=O)n(C)n2)cc1. The van der Waals surface area contributed by atoms with Crippen molar-refractivity contribution in [3.05, 3.63) is 46.2 Å². The highest BCUT2D eigenvalue weighted by atomic mass is 16.5. The molecule has 0 amide bonds. The van der Waals surface area contributed by atoms with Gasteiger partial charge in [-0.2, -0.15) is 5.10 Å². The van der Waals surface area contributed by atoms with Gasteiger partial charge in [-0.05, 0) is 37.3 Å². The van der Waals surface area contributed by atoms with Crippen LogP contribution in [0.15, 0.2) is 35.1 Å². The van der Waals surface area contributed by atoms with E-state index < -0.39 is 0 Å². The molecule has 0 atom stereocenters. The van der Waals surface area contributed by atoms with Crippen LogP contribution in [0.5, 0.6) is 5.75 Å². The summed E-state index contributed by atoms with van der Waals surface area (Å²) < 4.78 is 6.83. The second-order valence-electron chi connectivity index (χ2n) is 5.48. The van der Waals surface area contributed by atoms with E-state index in [4.69, 9.17) is 4.74 Å². The largest absolute Gasteiger partial charge is 0.494 e. The van der Waals surface area contributed by atoms with E-state index >= 15 is 0 Å². The van der Waals surface area contributed by atoms with Crippen LogP contribution in [-0.4, -0.2) is 22.4 Å². The maximum absolute atomic E-state index is 12.1. The third-order valence-electron chi connectivity index (χ3n) is 3.30. The summed E-state index contributed by atoms with van der Waals surface area (Å²) in [4.78, 5) is 12.1. The van der Waals surface area contributed by atoms with Crippen LogP contribution >= 0.6 is 0 Å². The standard InChI is InChI=1S/C17H23N3O2/c1-5-22-15-8-6-13(7-9-15)16-10-14(11-18-12(2)3)17(21)20(4)19-16/h6-10,12,18H,5,11H2,1-4H3. The molecule has 0 fully saturated rings. The number of nitrogens with one attached hydrogen (secondary N) is 1. The highest BCUT2D eigenvalue weighted by molar-refractivity contribution is 5.60. The van der Waals surface area contributed by atoms with E-state index in [1.807, 2.05) is 37.3 Å². The van der Waals surface area contributed by atoms with Crippen LogP contribution < -0.4 is 15.6 Å². The summed E-state index contributed by atoms with van der Waals surface area (Å²) in [5, 5.41) is 7.62. The summed E-state index contributed by atoms with van der Waals surface area (Å²) in [6.07, 6.45) is 0. The van der Waals surface area contributed by atoms with Crippen LogP contribution in [0.25, 0.3) is 11.3 Å². The smallest absolute Gasteiger partial charge is 0.271 e. The van der Waals surface area contributed by atoms with Crippen LogP contribution in [0.1, 0.15) is 26.3 Å². The molecule has 2 rings (SSSR count). The summed E-state index contributed by atoms with van der Waals surface area (Å²) in [5.41, 5.74) is 2.40. The Balaban J connectivity index is 2.32. The van der Waals surface area contributed by atoms with Gasteiger partial charge < -0.3 is 10.1 Å². The molecular weight excluding hydrogens is 278 g/mol. The van der Waals surface area contributed by atoms with E-state index in [9.17, 15) is 4.79 Å². The Hall–Kier alpha value is -2.14. The van der Waals surface area contributed by atoms with E-state index in [0.29, 0.717) is 19.2 Å². The number of hydrogen-bond acceptors (Lipinski definition) is 4. The number of aromatic nitrogens is 2.